The fourth-order valence-electron chi connectivity index (χ4n) is 4.39. The van der Waals surface area contributed by atoms with Crippen molar-refractivity contribution in [2.45, 2.75) is 63.8 Å². The third kappa shape index (κ3) is 4.72. The number of fused-ring (bicyclic) bond motifs is 1. The van der Waals surface area contributed by atoms with Gasteiger partial charge in [-0.15, -0.1) is 0 Å². The molecule has 1 aliphatic rings. The number of rotatable bonds is 6. The lowest BCUT2D eigenvalue weighted by Gasteiger charge is -2.16. The molecule has 3 aromatic rings. The maximum absolute atomic E-state index is 13.0. The molecule has 30 heavy (non-hydrogen) atoms. The number of aromatic nitrogens is 3. The number of hydrogen-bond acceptors (Lipinski definition) is 3. The van der Waals surface area contributed by atoms with Crippen molar-refractivity contribution in [3.05, 3.63) is 47.8 Å². The summed E-state index contributed by atoms with van der Waals surface area (Å²) >= 11 is 0. The Bertz CT molecular complexity index is 1010. The third-order valence-electron chi connectivity index (χ3n) is 5.94. The highest BCUT2D eigenvalue weighted by Crippen LogP contribution is 2.31. The first-order valence-corrected chi connectivity index (χ1v) is 10.8. The minimum Gasteiger partial charge on any atom is -0.361 e. The zero-order chi connectivity index (χ0) is 20.9. The number of hydrogen-bond donors (Lipinski definition) is 4. The van der Waals surface area contributed by atoms with Crippen molar-refractivity contribution in [3.8, 4) is 0 Å². The Morgan fingerprint density at radius 1 is 1.17 bits per heavy atom. The summed E-state index contributed by atoms with van der Waals surface area (Å²) in [4.78, 5) is 27.9. The number of aromatic amines is 2. The highest BCUT2D eigenvalue weighted by atomic mass is 16.2. The molecule has 2 heterocycles. The van der Waals surface area contributed by atoms with E-state index in [2.05, 4.69) is 25.8 Å². The fourth-order valence-corrected chi connectivity index (χ4v) is 4.39. The number of nitrogens with zero attached hydrogens (tertiary/aromatic N) is 1. The smallest absolute Gasteiger partial charge is 0.248 e. The molecule has 0 radical (unpaired) electrons. The van der Waals surface area contributed by atoms with Crippen LogP contribution in [-0.4, -0.2) is 33.0 Å². The Balaban J connectivity index is 1.46. The van der Waals surface area contributed by atoms with Crippen molar-refractivity contribution < 1.29 is 9.59 Å². The molecular weight excluding hydrogens is 378 g/mol. The molecule has 1 saturated carbocycles. The van der Waals surface area contributed by atoms with Crippen LogP contribution in [0.1, 0.15) is 62.6 Å². The average Bonchev–Trinajstić information content (AvgIpc) is 3.26. The molecule has 0 bridgehead atoms. The molecule has 7 nitrogen and oxygen atoms in total. The van der Waals surface area contributed by atoms with Crippen LogP contribution in [-0.2, 0) is 16.0 Å². The van der Waals surface area contributed by atoms with Crippen LogP contribution in [0.3, 0.4) is 0 Å². The van der Waals surface area contributed by atoms with Gasteiger partial charge in [-0.05, 0) is 24.5 Å². The van der Waals surface area contributed by atoms with E-state index in [1.165, 1.54) is 32.6 Å². The first-order chi connectivity index (χ1) is 14.6. The number of carbonyl (C=O) groups excluding carboxylic acids is 2. The van der Waals surface area contributed by atoms with Gasteiger partial charge in [0.05, 0.1) is 0 Å². The molecule has 2 aromatic heterocycles. The molecule has 2 amide bonds. The van der Waals surface area contributed by atoms with Crippen LogP contribution in [0, 0.1) is 0 Å². The lowest BCUT2D eigenvalue weighted by molar-refractivity contribution is -0.125. The summed E-state index contributed by atoms with van der Waals surface area (Å²) in [5, 5.41) is 14.1. The molecule has 1 unspecified atom stereocenters. The Labute approximate surface area is 176 Å². The van der Waals surface area contributed by atoms with E-state index in [0.29, 0.717) is 18.2 Å². The second kappa shape index (κ2) is 9.15. The van der Waals surface area contributed by atoms with E-state index in [1.54, 1.807) is 0 Å². The number of benzene rings is 1. The van der Waals surface area contributed by atoms with Gasteiger partial charge in [-0.1, -0.05) is 43.9 Å². The van der Waals surface area contributed by atoms with Gasteiger partial charge in [0.25, 0.3) is 0 Å². The molecular formula is C23H29N5O2. The number of para-hydroxylation sites is 1. The molecule has 0 saturated heterocycles. The monoisotopic (exact) mass is 407 g/mol. The molecule has 1 atom stereocenters. The zero-order valence-electron chi connectivity index (χ0n) is 17.3. The molecule has 0 spiro atoms. The van der Waals surface area contributed by atoms with E-state index in [9.17, 15) is 9.59 Å². The molecule has 158 valence electrons. The third-order valence-corrected chi connectivity index (χ3v) is 5.94. The molecule has 1 aromatic carbocycles. The summed E-state index contributed by atoms with van der Waals surface area (Å²) in [5.41, 5.74) is 3.08. The van der Waals surface area contributed by atoms with Crippen molar-refractivity contribution in [1.29, 1.82) is 0 Å². The highest BCUT2D eigenvalue weighted by molar-refractivity contribution is 5.97. The van der Waals surface area contributed by atoms with E-state index in [1.807, 2.05) is 36.5 Å². The second-order valence-electron chi connectivity index (χ2n) is 8.20. The number of nitrogens with one attached hydrogen (secondary N) is 4. The maximum Gasteiger partial charge on any atom is 0.248 e. The fraction of sp³-hybridized carbons (Fsp3) is 0.435. The lowest BCUT2D eigenvalue weighted by atomic mass is 9.97. The largest absolute Gasteiger partial charge is 0.361 e. The van der Waals surface area contributed by atoms with Crippen molar-refractivity contribution in [1.82, 2.24) is 20.5 Å². The normalized spacial score (nSPS) is 16.2. The van der Waals surface area contributed by atoms with Crippen LogP contribution in [0.15, 0.2) is 36.5 Å². The quantitative estimate of drug-likeness (QED) is 0.464. The molecule has 0 aliphatic heterocycles. The predicted molar refractivity (Wildman–Crippen MR) is 117 cm³/mol. The van der Waals surface area contributed by atoms with Crippen molar-refractivity contribution in [2.75, 3.05) is 5.32 Å². The molecule has 4 rings (SSSR count). The number of carbonyl (C=O) groups is 2. The summed E-state index contributed by atoms with van der Waals surface area (Å²) in [7, 11) is 0. The molecule has 7 heteroatoms. The van der Waals surface area contributed by atoms with Crippen molar-refractivity contribution in [2.24, 2.45) is 0 Å². The van der Waals surface area contributed by atoms with Crippen LogP contribution >= 0.6 is 0 Å². The van der Waals surface area contributed by atoms with Crippen LogP contribution in [0.25, 0.3) is 10.9 Å². The maximum atomic E-state index is 13.0. The van der Waals surface area contributed by atoms with E-state index < -0.39 is 6.04 Å². The van der Waals surface area contributed by atoms with Gasteiger partial charge >= 0.3 is 0 Å². The standard InChI is InChI=1S/C23H29N5O2/c1-15(29)25-21(12-17-14-24-19-11-7-6-10-18(17)19)23(30)26-22-13-20(27-28-22)16-8-4-2-3-5-9-16/h6-7,10-11,13-14,16,21,24H,2-5,8-9,12H2,1H3,(H,25,29)(H2,26,27,28,30). The van der Waals surface area contributed by atoms with Crippen LogP contribution < -0.4 is 10.6 Å². The molecule has 1 fully saturated rings. The number of H-pyrrole nitrogens is 2. The van der Waals surface area contributed by atoms with Gasteiger partial charge in [-0.2, -0.15) is 5.10 Å². The van der Waals surface area contributed by atoms with Gasteiger partial charge in [-0.25, -0.2) is 0 Å². The molecule has 1 aliphatic carbocycles. The Kier molecular flexibility index (Phi) is 6.16. The Hall–Kier alpha value is -3.09. The highest BCUT2D eigenvalue weighted by Gasteiger charge is 2.23. The van der Waals surface area contributed by atoms with Gasteiger partial charge in [0, 0.05) is 48.1 Å². The summed E-state index contributed by atoms with van der Waals surface area (Å²) in [6.45, 7) is 1.42. The van der Waals surface area contributed by atoms with Crippen molar-refractivity contribution in [3.63, 3.8) is 0 Å². The SMILES string of the molecule is CC(=O)NC(Cc1c[nH]c2ccccc12)C(=O)Nc1cc(C2CCCCCC2)[nH]n1. The van der Waals surface area contributed by atoms with E-state index in [4.69, 9.17) is 0 Å². The van der Waals surface area contributed by atoms with Gasteiger partial charge in [0.15, 0.2) is 5.82 Å². The number of amides is 2. The minimum absolute atomic E-state index is 0.240. The van der Waals surface area contributed by atoms with E-state index >= 15 is 0 Å². The van der Waals surface area contributed by atoms with Crippen LogP contribution in [0.2, 0.25) is 0 Å². The first-order valence-electron chi connectivity index (χ1n) is 10.8. The first kappa shape index (κ1) is 20.2. The average molecular weight is 408 g/mol. The summed E-state index contributed by atoms with van der Waals surface area (Å²) in [5.74, 6) is 0.474. The van der Waals surface area contributed by atoms with Gasteiger partial charge in [-0.3, -0.25) is 14.7 Å². The van der Waals surface area contributed by atoms with Gasteiger partial charge in [0.1, 0.15) is 6.04 Å². The van der Waals surface area contributed by atoms with Crippen LogP contribution in [0.5, 0.6) is 0 Å². The molecule has 4 N–H and O–H groups in total. The second-order valence-corrected chi connectivity index (χ2v) is 8.20. The summed E-state index contributed by atoms with van der Waals surface area (Å²) in [6, 6.07) is 9.18. The Morgan fingerprint density at radius 2 is 1.93 bits per heavy atom. The number of anilines is 1. The predicted octanol–water partition coefficient (Wildman–Crippen LogP) is 4.01. The lowest BCUT2D eigenvalue weighted by Crippen LogP contribution is -2.44. The van der Waals surface area contributed by atoms with E-state index in [0.717, 1.165) is 35.0 Å². The minimum atomic E-state index is -0.681. The van der Waals surface area contributed by atoms with E-state index in [-0.39, 0.29) is 11.8 Å². The van der Waals surface area contributed by atoms with Crippen LogP contribution in [0.4, 0.5) is 5.82 Å². The van der Waals surface area contributed by atoms with Gasteiger partial charge < -0.3 is 15.6 Å². The van der Waals surface area contributed by atoms with Gasteiger partial charge in [0.2, 0.25) is 11.8 Å². The summed E-state index contributed by atoms with van der Waals surface area (Å²) < 4.78 is 0. The Morgan fingerprint density at radius 3 is 2.70 bits per heavy atom. The topological polar surface area (TPSA) is 103 Å². The summed E-state index contributed by atoms with van der Waals surface area (Å²) in [6.07, 6.45) is 9.66. The van der Waals surface area contributed by atoms with Crippen molar-refractivity contribution >= 4 is 28.5 Å². The zero-order valence-corrected chi connectivity index (χ0v) is 17.3.